The number of H-pyrrole nitrogens is 1. The van der Waals surface area contributed by atoms with E-state index in [1.165, 1.54) is 53.2 Å². The van der Waals surface area contributed by atoms with Gasteiger partial charge in [0.15, 0.2) is 16.8 Å². The predicted octanol–water partition coefficient (Wildman–Crippen LogP) is -13.9. The number of rotatable bonds is 56. The molecule has 2 aliphatic heterocycles. The number of amides is 9. The van der Waals surface area contributed by atoms with Gasteiger partial charge in [-0.3, -0.25) is 72.1 Å². The van der Waals surface area contributed by atoms with Gasteiger partial charge >= 0.3 is 42.0 Å². The summed E-state index contributed by atoms with van der Waals surface area (Å²) in [6, 6.07) is -13.3. The first-order valence-corrected chi connectivity index (χ1v) is 45.9. The number of benzene rings is 2. The molecule has 0 unspecified atom stereocenters. The van der Waals surface area contributed by atoms with E-state index in [1.807, 2.05) is 17.6 Å². The van der Waals surface area contributed by atoms with Crippen molar-refractivity contribution in [3.8, 4) is 17.1 Å². The first kappa shape index (κ1) is 116. The number of pyridine rings is 2. The fraction of sp³-hybridized carbons (Fsp3) is 0.494. The SMILES string of the molecule is CCc1c2c(nc3ccc(OC(=O)OCCSSC[C@@H](NC(=O)[C@@H](NC(=O)[C@H](CC(=O)O)NC(=O)[C@@H](NC(=O)[C@H](CC(=O)O)NC(=O)[C@@H](NC(=O)[C@H](CC(=O)O)NC(=O)[C@@H](NC(=O)CC[C@H](NC(=O)c4ccc(NCc5cnc6nc(N)[nH]c(=O)c6n5)cc4)C(=O)O)[C@@H](O)[C@H](O)[C@H](O)CO)[C@@H](O)[C@H](O)[C@H](O)CO)[C@@H](O)[C@H](O)[C@H](O)CO)[C@@H](O)[C@H](O)[C@H](O)CO)C(=O)O)cc13)-c1cc3c(c(=O)n1C2)COC(=O)[C@]3(O)CC. The Morgan fingerprint density at radius 3 is 1.46 bits per heavy atom. The van der Waals surface area contributed by atoms with Crippen LogP contribution in [0.3, 0.4) is 0 Å². The van der Waals surface area contributed by atoms with Gasteiger partial charge in [-0.05, 0) is 73.4 Å². The van der Waals surface area contributed by atoms with Gasteiger partial charge in [0.1, 0.15) is 147 Å². The van der Waals surface area contributed by atoms with Gasteiger partial charge in [-0.1, -0.05) is 35.4 Å². The predicted molar refractivity (Wildman–Crippen MR) is 485 cm³/mol. The Hall–Kier alpha value is -14.0. The van der Waals surface area contributed by atoms with Crippen LogP contribution in [-0.2, 0) is 108 Å². The molecule has 22 atom stereocenters. The smallest absolute Gasteiger partial charge is 0.481 e. The van der Waals surface area contributed by atoms with Gasteiger partial charge in [0.25, 0.3) is 17.0 Å². The Morgan fingerprint density at radius 1 is 0.545 bits per heavy atom. The number of aliphatic hydroxyl groups excluding tert-OH is 16. The highest BCUT2D eigenvalue weighted by Gasteiger charge is 2.49. The number of cyclic esters (lactones) is 1. The molecule has 9 amide bonds. The van der Waals surface area contributed by atoms with E-state index in [2.05, 4.69) is 30.6 Å². The van der Waals surface area contributed by atoms with Gasteiger partial charge in [-0.25, -0.2) is 34.1 Å². The standard InChI is InChI=1S/C83H105N17O43S2/c1-3-33-34-15-32(9-10-38(34)88-53-35(33)22-100-44(53)16-37-36(77(100)133)27-142-80(138)83(37,140)4-2)143-82(139)141-13-14-144-145-28-43(79(136)137)93-75(131)57(66(123)62(119)48(108)26-104)97-71(127)42(19-52(114)115)92-74(130)56(65(122)61(118)47(107)25-103)96-70(126)41(18-51(112)113)91-73(129)55(64(121)60(117)46(106)24-102)95-69(125)40(17-50(110)111)90-72(128)54(63(120)59(116)45(105)23-101)94-49(109)12-11-39(78(134)135)89-68(124)29-5-7-30(8-6-29)85-20-31-21-86-67-58(87-31)76(132)99-81(84)98-67/h5-10,15-16,21,39-43,45-48,54-57,59-66,85,101-108,116-123,140H,3-4,11-14,17-20,22-28H2,1-2H3,(H,89,124)(H,90,128)(H,91,129)(H,92,130)(H,93,131)(H,94,109)(H,95,125)(H,96,126)(H,97,127)(H,110,111)(H,112,113)(H,114,115)(H,134,135)(H,136,137)(H3,84,86,98,99,132)/t39-,40-,41-,42-,43+,45+,46+,47+,48+,54-,55-,56-,57-,59+,60+,61+,62+,63+,64+,65+,66+,83-/m0/s1. The van der Waals surface area contributed by atoms with E-state index >= 15 is 0 Å². The van der Waals surface area contributed by atoms with Gasteiger partial charge in [0, 0.05) is 45.7 Å². The Kier molecular flexibility index (Phi) is 42.1. The molecule has 0 saturated carbocycles. The summed E-state index contributed by atoms with van der Waals surface area (Å²) < 4.78 is 17.2. The molecule has 2 aliphatic rings. The number of aliphatic hydroxyl groups is 17. The molecule has 0 radical (unpaired) electrons. The molecule has 8 rings (SSSR count). The van der Waals surface area contributed by atoms with E-state index in [9.17, 15) is 199 Å². The van der Waals surface area contributed by atoms with Gasteiger partial charge < -0.3 is 190 Å². The lowest BCUT2D eigenvalue weighted by Gasteiger charge is -2.33. The summed E-state index contributed by atoms with van der Waals surface area (Å²) in [5.41, 5.74) is 5.26. The van der Waals surface area contributed by atoms with Crippen LogP contribution in [0.15, 0.2) is 64.3 Å². The number of nitrogen functional groups attached to an aromatic ring is 1. The molecule has 2 aromatic carbocycles. The number of carboxylic acid groups (broad SMARTS) is 5. The number of hydrogen-bond acceptors (Lipinski definition) is 46. The van der Waals surface area contributed by atoms with E-state index < -0.39 is 310 Å². The molecular weight excluding hydrogens is 1990 g/mol. The van der Waals surface area contributed by atoms with E-state index in [1.54, 1.807) is 44.9 Å². The monoisotopic (exact) mass is 2090 g/mol. The van der Waals surface area contributed by atoms with Crippen LogP contribution in [0.1, 0.15) is 90.7 Å². The van der Waals surface area contributed by atoms with E-state index in [-0.39, 0.29) is 77.1 Å². The minimum atomic E-state index is -3.12. The summed E-state index contributed by atoms with van der Waals surface area (Å²) in [6.45, 7) is -3.30. The first-order chi connectivity index (χ1) is 68.4. The number of aromatic nitrogens is 6. The summed E-state index contributed by atoms with van der Waals surface area (Å²) in [4.78, 5) is 261. The van der Waals surface area contributed by atoms with Crippen LogP contribution < -0.4 is 74.8 Å². The first-order valence-electron chi connectivity index (χ1n) is 43.4. The lowest BCUT2D eigenvalue weighted by Crippen LogP contribution is -2.66. The molecule has 6 heterocycles. The number of aromatic amines is 1. The summed E-state index contributed by atoms with van der Waals surface area (Å²) in [7, 11) is 1.49. The van der Waals surface area contributed by atoms with Gasteiger partial charge in [0.2, 0.25) is 53.2 Å². The second-order valence-corrected chi connectivity index (χ2v) is 35.1. The van der Waals surface area contributed by atoms with Crippen LogP contribution in [0, 0.1) is 0 Å². The number of carbonyl (C=O) groups is 16. The van der Waals surface area contributed by atoms with Crippen molar-refractivity contribution in [1.82, 2.24) is 77.3 Å². The number of carbonyl (C=O) groups excluding carboxylic acids is 11. The molecule has 0 spiro atoms. The van der Waals surface area contributed by atoms with Crippen LogP contribution in [0.25, 0.3) is 33.5 Å². The normalized spacial score (nSPS) is 17.5. The highest BCUT2D eigenvalue weighted by Crippen LogP contribution is 2.41. The highest BCUT2D eigenvalue weighted by molar-refractivity contribution is 8.76. The minimum absolute atomic E-state index is 0.0231. The fourth-order valence-electron chi connectivity index (χ4n) is 14.6. The largest absolute Gasteiger partial charge is 0.513 e. The van der Waals surface area contributed by atoms with Gasteiger partial charge in [-0.15, -0.1) is 0 Å². The summed E-state index contributed by atoms with van der Waals surface area (Å²) in [5.74, 6) is -28.9. The minimum Gasteiger partial charge on any atom is -0.481 e. The molecule has 0 fully saturated rings. The van der Waals surface area contributed by atoms with Crippen molar-refractivity contribution in [2.24, 2.45) is 0 Å². The third kappa shape index (κ3) is 29.9. The lowest BCUT2D eigenvalue weighted by molar-refractivity contribution is -0.172. The van der Waals surface area contributed by atoms with Crippen LogP contribution >= 0.6 is 21.6 Å². The zero-order valence-corrected chi connectivity index (χ0v) is 77.5. The number of hydrogen-bond donors (Lipinski definition) is 34. The van der Waals surface area contributed by atoms with E-state index in [4.69, 9.17) is 24.9 Å². The number of esters is 1. The van der Waals surface area contributed by atoms with E-state index in [0.29, 0.717) is 56.3 Å². The topological polar surface area (TPSA) is 999 Å². The maximum absolute atomic E-state index is 14.5. The van der Waals surface area contributed by atoms with E-state index in [0.717, 1.165) is 10.8 Å². The second-order valence-electron chi connectivity index (χ2n) is 32.5. The van der Waals surface area contributed by atoms with Crippen molar-refractivity contribution < 1.29 is 203 Å². The molecular formula is C83H105N17O43S2. The average molecular weight is 2090 g/mol. The zero-order chi connectivity index (χ0) is 108. The Balaban J connectivity index is 0.938. The molecule has 60 nitrogen and oxygen atoms in total. The zero-order valence-electron chi connectivity index (χ0n) is 75.9. The van der Waals surface area contributed by atoms with Crippen molar-refractivity contribution in [2.45, 2.75) is 212 Å². The lowest BCUT2D eigenvalue weighted by atomic mass is 9.86. The summed E-state index contributed by atoms with van der Waals surface area (Å²) in [6.07, 6.45) is -40.1. The number of aryl methyl sites for hydroxylation is 1. The highest BCUT2D eigenvalue weighted by atomic mass is 33.1. The molecule has 0 saturated heterocycles. The number of nitrogens with one attached hydrogen (secondary N) is 11. The number of carboxylic acids is 5. The van der Waals surface area contributed by atoms with Crippen molar-refractivity contribution in [2.75, 3.05) is 55.6 Å². The molecule has 0 bridgehead atoms. The number of nitrogens with two attached hydrogens (primary N) is 1. The number of ether oxygens (including phenoxy) is 3. The van der Waals surface area contributed by atoms with Crippen molar-refractivity contribution in [1.29, 1.82) is 0 Å². The molecule has 792 valence electrons. The molecule has 145 heavy (non-hydrogen) atoms. The average Bonchev–Trinajstić information content (AvgIpc) is 1.57. The Labute approximate surface area is 820 Å². The quantitative estimate of drug-likeness (QED) is 0.00728. The van der Waals surface area contributed by atoms with Crippen LogP contribution in [-0.4, -0.2) is 409 Å². The van der Waals surface area contributed by atoms with Crippen molar-refractivity contribution in [3.05, 3.63) is 109 Å². The molecule has 35 N–H and O–H groups in total. The fourth-order valence-corrected chi connectivity index (χ4v) is 16.5. The maximum atomic E-state index is 14.5. The third-order valence-electron chi connectivity index (χ3n) is 22.5. The molecule has 0 aliphatic carbocycles. The van der Waals surface area contributed by atoms with Gasteiger partial charge in [-0.2, -0.15) is 4.98 Å². The number of nitrogens with zero attached hydrogens (tertiary/aromatic N) is 5. The second kappa shape index (κ2) is 52.5. The van der Waals surface area contributed by atoms with Crippen molar-refractivity contribution >= 4 is 150 Å². The summed E-state index contributed by atoms with van der Waals surface area (Å²) >= 11 is 0. The van der Waals surface area contributed by atoms with Crippen molar-refractivity contribution in [3.63, 3.8) is 0 Å². The maximum Gasteiger partial charge on any atom is 0.513 e. The molecule has 6 aromatic rings. The number of aliphatic carboxylic acids is 5. The van der Waals surface area contributed by atoms with Gasteiger partial charge in [0.05, 0.1) is 93.1 Å². The Morgan fingerprint density at radius 2 is 1.01 bits per heavy atom. The Bertz CT molecular complexity index is 5910. The van der Waals surface area contributed by atoms with Crippen LogP contribution in [0.2, 0.25) is 0 Å². The molecule has 4 aromatic heterocycles. The molecule has 62 heteroatoms. The van der Waals surface area contributed by atoms with Crippen LogP contribution in [0.5, 0.6) is 5.75 Å². The summed E-state index contributed by atoms with van der Waals surface area (Å²) in [5, 5.41) is 250. The number of anilines is 2. The third-order valence-corrected chi connectivity index (χ3v) is 24.9. The number of fused-ring (bicyclic) bond motifs is 6. The van der Waals surface area contributed by atoms with Crippen LogP contribution in [0.4, 0.5) is 16.4 Å².